The van der Waals surface area contributed by atoms with E-state index >= 15 is 0 Å². The van der Waals surface area contributed by atoms with Crippen molar-refractivity contribution in [2.75, 3.05) is 13.1 Å². The van der Waals surface area contributed by atoms with Gasteiger partial charge in [0.1, 0.15) is 0 Å². The fraction of sp³-hybridized carbons (Fsp3) is 0.647. The Bertz CT molecular complexity index is 691. The first-order valence-corrected chi connectivity index (χ1v) is 8.63. The molecule has 1 atom stereocenters. The molecule has 1 unspecified atom stereocenters. The van der Waals surface area contributed by atoms with Crippen LogP contribution < -0.4 is 0 Å². The van der Waals surface area contributed by atoms with Crippen LogP contribution in [-0.2, 0) is 11.3 Å². The molecule has 24 heavy (non-hydrogen) atoms. The Hall–Kier alpha value is -2.18. The summed E-state index contributed by atoms with van der Waals surface area (Å²) < 4.78 is 7.13. The lowest BCUT2D eigenvalue weighted by molar-refractivity contribution is -0.132. The van der Waals surface area contributed by atoms with Crippen molar-refractivity contribution < 1.29 is 9.32 Å². The highest BCUT2D eigenvalue weighted by atomic mass is 16.5. The highest BCUT2D eigenvalue weighted by Gasteiger charge is 2.28. The Labute approximate surface area is 142 Å². The minimum absolute atomic E-state index is 0.167. The van der Waals surface area contributed by atoms with Gasteiger partial charge in [0.15, 0.2) is 5.82 Å². The number of amides is 1. The highest BCUT2D eigenvalue weighted by molar-refractivity contribution is 5.76. The lowest BCUT2D eigenvalue weighted by Crippen LogP contribution is -2.39. The third kappa shape index (κ3) is 3.83. The molecule has 7 nitrogen and oxygen atoms in total. The van der Waals surface area contributed by atoms with Gasteiger partial charge in [0.05, 0.1) is 6.20 Å². The Balaban J connectivity index is 1.56. The number of rotatable bonds is 5. The lowest BCUT2D eigenvalue weighted by Gasteiger charge is -2.31. The number of carbonyl (C=O) groups is 1. The molecule has 1 saturated heterocycles. The molecule has 1 fully saturated rings. The van der Waals surface area contributed by atoms with E-state index in [9.17, 15) is 4.79 Å². The van der Waals surface area contributed by atoms with Crippen molar-refractivity contribution in [3.05, 3.63) is 29.7 Å². The quantitative estimate of drug-likeness (QED) is 0.841. The summed E-state index contributed by atoms with van der Waals surface area (Å²) in [5.74, 6) is 1.97. The first-order valence-electron chi connectivity index (χ1n) is 8.63. The van der Waals surface area contributed by atoms with Crippen molar-refractivity contribution in [3.63, 3.8) is 0 Å². The van der Waals surface area contributed by atoms with Gasteiger partial charge in [0.25, 0.3) is 0 Å². The molecule has 0 bridgehead atoms. The molecule has 2 aromatic heterocycles. The molecular formula is C17H25N5O2. The van der Waals surface area contributed by atoms with Crippen molar-refractivity contribution >= 4 is 5.91 Å². The fourth-order valence-electron chi connectivity index (χ4n) is 3.02. The van der Waals surface area contributed by atoms with Gasteiger partial charge < -0.3 is 9.42 Å². The van der Waals surface area contributed by atoms with E-state index in [-0.39, 0.29) is 17.7 Å². The third-order valence-electron chi connectivity index (χ3n) is 4.41. The topological polar surface area (TPSA) is 77.0 Å². The van der Waals surface area contributed by atoms with Crippen molar-refractivity contribution in [3.8, 4) is 0 Å². The molecular weight excluding hydrogens is 306 g/mol. The van der Waals surface area contributed by atoms with Crippen LogP contribution in [0.3, 0.4) is 0 Å². The van der Waals surface area contributed by atoms with Gasteiger partial charge >= 0.3 is 0 Å². The van der Waals surface area contributed by atoms with Gasteiger partial charge in [0.2, 0.25) is 11.8 Å². The number of piperidine rings is 1. The van der Waals surface area contributed by atoms with Crippen LogP contribution in [0, 0.1) is 6.92 Å². The molecule has 1 aliphatic heterocycles. The molecule has 1 aliphatic rings. The van der Waals surface area contributed by atoms with Crippen molar-refractivity contribution in [1.82, 2.24) is 24.8 Å². The standard InChI is InChI=1S/C17H25N5O2/c1-12(2)17-19-16(20-24-17)14-5-4-7-21(11-14)15(23)6-8-22-10-13(3)9-18-22/h9-10,12,14H,4-8,11H2,1-3H3. The summed E-state index contributed by atoms with van der Waals surface area (Å²) in [7, 11) is 0. The maximum absolute atomic E-state index is 12.5. The molecule has 0 radical (unpaired) electrons. The van der Waals surface area contributed by atoms with Gasteiger partial charge in [-0.1, -0.05) is 19.0 Å². The van der Waals surface area contributed by atoms with Crippen LogP contribution in [-0.4, -0.2) is 43.8 Å². The maximum Gasteiger partial charge on any atom is 0.229 e. The van der Waals surface area contributed by atoms with E-state index in [4.69, 9.17) is 4.52 Å². The summed E-state index contributed by atoms with van der Waals surface area (Å²) >= 11 is 0. The van der Waals surface area contributed by atoms with Crippen molar-refractivity contribution in [2.24, 2.45) is 0 Å². The average Bonchev–Trinajstić information content (AvgIpc) is 3.22. The minimum atomic E-state index is 0.167. The van der Waals surface area contributed by atoms with Gasteiger partial charge in [0, 0.05) is 44.1 Å². The molecule has 0 N–H and O–H groups in total. The summed E-state index contributed by atoms with van der Waals surface area (Å²) in [6.07, 6.45) is 6.21. The normalized spacial score (nSPS) is 18.3. The molecule has 0 aromatic carbocycles. The van der Waals surface area contributed by atoms with E-state index in [0.29, 0.717) is 25.4 Å². The van der Waals surface area contributed by atoms with E-state index < -0.39 is 0 Å². The molecule has 2 aromatic rings. The smallest absolute Gasteiger partial charge is 0.229 e. The summed E-state index contributed by atoms with van der Waals surface area (Å²) in [5, 5.41) is 8.34. The number of hydrogen-bond acceptors (Lipinski definition) is 5. The van der Waals surface area contributed by atoms with Gasteiger partial charge in [-0.15, -0.1) is 0 Å². The number of likely N-dealkylation sites (tertiary alicyclic amines) is 1. The predicted molar refractivity (Wildman–Crippen MR) is 88.5 cm³/mol. The van der Waals surface area contributed by atoms with Crippen LogP contribution in [0.2, 0.25) is 0 Å². The first-order chi connectivity index (χ1) is 11.5. The number of aryl methyl sites for hydroxylation is 2. The number of nitrogens with zero attached hydrogens (tertiary/aromatic N) is 5. The van der Waals surface area contributed by atoms with Crippen LogP contribution in [0.5, 0.6) is 0 Å². The largest absolute Gasteiger partial charge is 0.342 e. The molecule has 3 heterocycles. The number of carbonyl (C=O) groups excluding carboxylic acids is 1. The molecule has 130 valence electrons. The van der Waals surface area contributed by atoms with Gasteiger partial charge in [-0.05, 0) is 25.3 Å². The zero-order valence-electron chi connectivity index (χ0n) is 14.6. The lowest BCUT2D eigenvalue weighted by atomic mass is 9.97. The summed E-state index contributed by atoms with van der Waals surface area (Å²) in [5.41, 5.74) is 1.11. The second kappa shape index (κ2) is 7.15. The summed E-state index contributed by atoms with van der Waals surface area (Å²) in [4.78, 5) is 18.9. The molecule has 1 amide bonds. The third-order valence-corrected chi connectivity index (χ3v) is 4.41. The zero-order valence-corrected chi connectivity index (χ0v) is 14.6. The van der Waals surface area contributed by atoms with Gasteiger partial charge in [-0.2, -0.15) is 10.1 Å². The molecule has 0 aliphatic carbocycles. The Kier molecular flexibility index (Phi) is 4.97. The molecule has 0 saturated carbocycles. The van der Waals surface area contributed by atoms with E-state index in [1.165, 1.54) is 0 Å². The van der Waals surface area contributed by atoms with E-state index in [1.807, 2.05) is 42.7 Å². The Morgan fingerprint density at radius 3 is 2.96 bits per heavy atom. The van der Waals surface area contributed by atoms with Crippen LogP contribution >= 0.6 is 0 Å². The maximum atomic E-state index is 12.5. The van der Waals surface area contributed by atoms with Crippen molar-refractivity contribution in [1.29, 1.82) is 0 Å². The molecule has 7 heteroatoms. The Morgan fingerprint density at radius 1 is 1.46 bits per heavy atom. The number of aromatic nitrogens is 4. The van der Waals surface area contributed by atoms with Gasteiger partial charge in [-0.25, -0.2) is 0 Å². The van der Waals surface area contributed by atoms with Crippen molar-refractivity contribution in [2.45, 2.75) is 58.4 Å². The fourth-order valence-corrected chi connectivity index (χ4v) is 3.02. The monoisotopic (exact) mass is 331 g/mol. The average molecular weight is 331 g/mol. The van der Waals surface area contributed by atoms with Gasteiger partial charge in [-0.3, -0.25) is 9.48 Å². The predicted octanol–water partition coefficient (Wildman–Crippen LogP) is 2.49. The van der Waals surface area contributed by atoms with Crippen LogP contribution in [0.15, 0.2) is 16.9 Å². The van der Waals surface area contributed by atoms with E-state index in [2.05, 4.69) is 15.2 Å². The summed E-state index contributed by atoms with van der Waals surface area (Å²) in [6.45, 7) is 8.16. The second-order valence-corrected chi connectivity index (χ2v) is 6.86. The minimum Gasteiger partial charge on any atom is -0.342 e. The second-order valence-electron chi connectivity index (χ2n) is 6.86. The molecule has 3 rings (SSSR count). The van der Waals surface area contributed by atoms with Crippen LogP contribution in [0.1, 0.15) is 62.2 Å². The highest BCUT2D eigenvalue weighted by Crippen LogP contribution is 2.26. The van der Waals surface area contributed by atoms with E-state index in [0.717, 1.165) is 30.8 Å². The zero-order chi connectivity index (χ0) is 17.1. The van der Waals surface area contributed by atoms with Crippen LogP contribution in [0.4, 0.5) is 0 Å². The first kappa shape index (κ1) is 16.7. The molecule has 0 spiro atoms. The SMILES string of the molecule is Cc1cnn(CCC(=O)N2CCCC(c3noc(C(C)C)n3)C2)c1. The summed E-state index contributed by atoms with van der Waals surface area (Å²) in [6, 6.07) is 0. The van der Waals surface area contributed by atoms with E-state index in [1.54, 1.807) is 0 Å². The van der Waals surface area contributed by atoms with Crippen LogP contribution in [0.25, 0.3) is 0 Å². The number of hydrogen-bond donors (Lipinski definition) is 0. The Morgan fingerprint density at radius 2 is 2.29 bits per heavy atom.